The van der Waals surface area contributed by atoms with E-state index < -0.39 is 5.41 Å². The van der Waals surface area contributed by atoms with Gasteiger partial charge in [0.15, 0.2) is 0 Å². The summed E-state index contributed by atoms with van der Waals surface area (Å²) in [5.74, 6) is 0. The Morgan fingerprint density at radius 1 is 0.216 bits per heavy atom. The third-order valence-electron chi connectivity index (χ3n) is 19.5. The summed E-state index contributed by atoms with van der Waals surface area (Å²) in [5.41, 5.74) is 25.1. The van der Waals surface area contributed by atoms with Gasteiger partial charge in [-0.25, -0.2) is 0 Å². The van der Waals surface area contributed by atoms with Crippen LogP contribution in [0, 0.1) is 0 Å². The molecular weight excluding hydrogens is 1060 g/mol. The molecule has 0 bridgehead atoms. The Labute approximate surface area is 509 Å². The van der Waals surface area contributed by atoms with Gasteiger partial charge in [-0.2, -0.15) is 0 Å². The molecule has 17 aromatic rings. The molecule has 0 atom stereocenters. The Hall–Kier alpha value is -11.5. The van der Waals surface area contributed by atoms with Crippen molar-refractivity contribution < 1.29 is 0 Å². The first-order chi connectivity index (χ1) is 43.7. The fourth-order valence-electron chi connectivity index (χ4n) is 15.9. The molecule has 2 heterocycles. The maximum Gasteiger partial charge on any atom is 0.0731 e. The van der Waals surface area contributed by atoms with Gasteiger partial charge in [-0.1, -0.05) is 243 Å². The number of para-hydroxylation sites is 3. The molecule has 0 unspecified atom stereocenters. The molecule has 0 radical (unpaired) electrons. The van der Waals surface area contributed by atoms with Crippen molar-refractivity contribution in [2.75, 3.05) is 4.90 Å². The van der Waals surface area contributed by atoms with Crippen LogP contribution < -0.4 is 4.90 Å². The van der Waals surface area contributed by atoms with E-state index >= 15 is 0 Å². The van der Waals surface area contributed by atoms with Gasteiger partial charge in [0.2, 0.25) is 0 Å². The highest BCUT2D eigenvalue weighted by Gasteiger charge is 2.52. The number of nitrogens with zero attached hydrogens (tertiary/aromatic N) is 3. The van der Waals surface area contributed by atoms with Crippen molar-refractivity contribution in [3.63, 3.8) is 0 Å². The first kappa shape index (κ1) is 48.8. The number of hydrogen-bond donors (Lipinski definition) is 0. The Bertz CT molecular complexity index is 5650. The van der Waals surface area contributed by atoms with Crippen LogP contribution in [0.2, 0.25) is 0 Å². The molecule has 0 aliphatic heterocycles. The molecule has 1 spiro atoms. The minimum absolute atomic E-state index is 0.468. The number of fused-ring (bicyclic) bond motifs is 22. The summed E-state index contributed by atoms with van der Waals surface area (Å²) < 4.78 is 4.88. The van der Waals surface area contributed by atoms with Crippen LogP contribution in [-0.4, -0.2) is 9.13 Å². The van der Waals surface area contributed by atoms with Crippen molar-refractivity contribution in [1.82, 2.24) is 9.13 Å². The van der Waals surface area contributed by atoms with E-state index in [1.165, 1.54) is 132 Å². The Morgan fingerprint density at radius 3 is 1.22 bits per heavy atom. The van der Waals surface area contributed by atoms with Gasteiger partial charge in [0.05, 0.1) is 27.5 Å². The fourth-order valence-corrected chi connectivity index (χ4v) is 15.9. The monoisotopic (exact) mass is 1120 g/mol. The van der Waals surface area contributed by atoms with E-state index in [4.69, 9.17) is 0 Å². The van der Waals surface area contributed by atoms with E-state index in [0.29, 0.717) is 0 Å². The van der Waals surface area contributed by atoms with Gasteiger partial charge in [-0.3, -0.25) is 0 Å². The fraction of sp³-hybridized carbons (Fsp3) is 0.0118. The smallest absolute Gasteiger partial charge is 0.0731 e. The van der Waals surface area contributed by atoms with Crippen LogP contribution in [0.4, 0.5) is 17.1 Å². The van der Waals surface area contributed by atoms with Crippen LogP contribution in [-0.2, 0) is 5.41 Å². The molecule has 0 saturated carbocycles. The number of anilines is 3. The van der Waals surface area contributed by atoms with Gasteiger partial charge in [0.25, 0.3) is 0 Å². The summed E-state index contributed by atoms with van der Waals surface area (Å²) in [6.45, 7) is 0. The molecule has 88 heavy (non-hydrogen) atoms. The van der Waals surface area contributed by atoms with Gasteiger partial charge < -0.3 is 14.0 Å². The van der Waals surface area contributed by atoms with Crippen molar-refractivity contribution in [2.45, 2.75) is 5.41 Å². The zero-order chi connectivity index (χ0) is 57.6. The van der Waals surface area contributed by atoms with Crippen LogP contribution in [0.1, 0.15) is 22.3 Å². The standard InChI is InChI=1S/C85H53N3/c1-2-19-57(20-3-1)87-80-35-16-11-28-71(80)73-48-41-56(51-82(73)87)54-37-42-58(43-38-54)86(59-44-39-55(40-45-59)62-30-18-31-75-70-27-10-15-34-79(70)85(84(62)75)77-32-13-8-25-68(77)69-26-9-14-33-78(69)85)61-47-50-74-72-29-12-17-36-81(72)88(83(74)53-61)60-46-49-67-65-23-5-4-21-63(65)64-22-6-7-24-66(64)76(67)52-60/h1-53H. The molecule has 0 fully saturated rings. The maximum absolute atomic E-state index is 2.48. The minimum Gasteiger partial charge on any atom is -0.310 e. The summed E-state index contributed by atoms with van der Waals surface area (Å²) >= 11 is 0. The molecule has 0 amide bonds. The van der Waals surface area contributed by atoms with Crippen LogP contribution in [0.3, 0.4) is 0 Å². The third-order valence-corrected chi connectivity index (χ3v) is 19.5. The highest BCUT2D eigenvalue weighted by atomic mass is 15.1. The molecule has 3 heteroatoms. The van der Waals surface area contributed by atoms with Gasteiger partial charge >= 0.3 is 0 Å². The Morgan fingerprint density at radius 2 is 0.614 bits per heavy atom. The first-order valence-electron chi connectivity index (χ1n) is 30.6. The van der Waals surface area contributed by atoms with Crippen LogP contribution in [0.5, 0.6) is 0 Å². The van der Waals surface area contributed by atoms with E-state index in [0.717, 1.165) is 39.5 Å². The third kappa shape index (κ3) is 6.84. The Balaban J connectivity index is 0.793. The zero-order valence-corrected chi connectivity index (χ0v) is 47.9. The Kier molecular flexibility index (Phi) is 10.4. The molecule has 0 N–H and O–H groups in total. The largest absolute Gasteiger partial charge is 0.310 e. The van der Waals surface area contributed by atoms with E-state index in [1.54, 1.807) is 0 Å². The topological polar surface area (TPSA) is 13.1 Å². The second-order valence-electron chi connectivity index (χ2n) is 23.8. The van der Waals surface area contributed by atoms with E-state index in [-0.39, 0.29) is 0 Å². The van der Waals surface area contributed by atoms with Crippen LogP contribution in [0.25, 0.3) is 132 Å². The van der Waals surface area contributed by atoms with Crippen molar-refractivity contribution in [3.8, 4) is 55.9 Å². The average molecular weight is 1120 g/mol. The van der Waals surface area contributed by atoms with Crippen molar-refractivity contribution in [2.24, 2.45) is 0 Å². The van der Waals surface area contributed by atoms with Crippen molar-refractivity contribution in [3.05, 3.63) is 344 Å². The summed E-state index contributed by atoms with van der Waals surface area (Å²) in [6.07, 6.45) is 0. The molecule has 3 nitrogen and oxygen atoms in total. The molecule has 19 rings (SSSR count). The zero-order valence-electron chi connectivity index (χ0n) is 47.9. The number of benzene rings is 15. The molecule has 15 aromatic carbocycles. The van der Waals surface area contributed by atoms with Gasteiger partial charge in [0, 0.05) is 50.0 Å². The van der Waals surface area contributed by atoms with Crippen LogP contribution in [0.15, 0.2) is 322 Å². The minimum atomic E-state index is -0.468. The summed E-state index contributed by atoms with van der Waals surface area (Å²) in [7, 11) is 0. The second-order valence-corrected chi connectivity index (χ2v) is 23.8. The molecular formula is C85H53N3. The van der Waals surface area contributed by atoms with Gasteiger partial charge in [-0.05, 0) is 178 Å². The summed E-state index contributed by atoms with van der Waals surface area (Å²) in [5, 5.41) is 12.5. The lowest BCUT2D eigenvalue weighted by Crippen LogP contribution is -2.26. The highest BCUT2D eigenvalue weighted by molar-refractivity contribution is 6.26. The summed E-state index contributed by atoms with van der Waals surface area (Å²) in [6, 6.07) is 120. The van der Waals surface area contributed by atoms with E-state index in [1.807, 2.05) is 0 Å². The lowest BCUT2D eigenvalue weighted by molar-refractivity contribution is 0.796. The van der Waals surface area contributed by atoms with E-state index in [2.05, 4.69) is 336 Å². The molecule has 2 aromatic heterocycles. The molecule has 408 valence electrons. The van der Waals surface area contributed by atoms with Crippen molar-refractivity contribution in [1.29, 1.82) is 0 Å². The van der Waals surface area contributed by atoms with Gasteiger partial charge in [0.1, 0.15) is 0 Å². The van der Waals surface area contributed by atoms with Crippen molar-refractivity contribution >= 4 is 93.0 Å². The summed E-state index contributed by atoms with van der Waals surface area (Å²) in [4.78, 5) is 2.45. The maximum atomic E-state index is 2.48. The average Bonchev–Trinajstić information content (AvgIpc) is 1.53. The van der Waals surface area contributed by atoms with Gasteiger partial charge in [-0.15, -0.1) is 0 Å². The number of rotatable bonds is 7. The van der Waals surface area contributed by atoms with Crippen LogP contribution >= 0.6 is 0 Å². The lowest BCUT2D eigenvalue weighted by atomic mass is 9.68. The first-order valence-corrected chi connectivity index (χ1v) is 30.6. The second kappa shape index (κ2) is 18.7. The van der Waals surface area contributed by atoms with E-state index in [9.17, 15) is 0 Å². The highest BCUT2D eigenvalue weighted by Crippen LogP contribution is 2.64. The quantitative estimate of drug-likeness (QED) is 0.145. The lowest BCUT2D eigenvalue weighted by Gasteiger charge is -2.32. The molecule has 0 saturated heterocycles. The predicted molar refractivity (Wildman–Crippen MR) is 369 cm³/mol. The SMILES string of the molecule is c1ccc(-n2c3ccccc3c3ccc(-c4ccc(N(c5ccc(-c6cccc7c6C6(c8ccccc8-c8ccccc86)c6ccccc6-7)cc5)c5ccc6c7ccccc7n(-c7ccc8c9ccccc9c9ccccc9c8c7)c6c5)cc4)cc32)cc1. The molecule has 2 aliphatic rings. The number of aromatic nitrogens is 2. The predicted octanol–water partition coefficient (Wildman–Crippen LogP) is 22.5. The number of hydrogen-bond acceptors (Lipinski definition) is 1. The normalized spacial score (nSPS) is 12.9. The molecule has 2 aliphatic carbocycles.